The number of anilines is 1. The molecule has 0 bridgehead atoms. The van der Waals surface area contributed by atoms with Crippen molar-refractivity contribution in [1.82, 2.24) is 4.98 Å². The van der Waals surface area contributed by atoms with Gasteiger partial charge in [-0.25, -0.2) is 9.37 Å². The van der Waals surface area contributed by atoms with Gasteiger partial charge >= 0.3 is 0 Å². The molecule has 0 saturated carbocycles. The summed E-state index contributed by atoms with van der Waals surface area (Å²) >= 11 is 1.41. The van der Waals surface area contributed by atoms with E-state index in [1.165, 1.54) is 23.5 Å². The van der Waals surface area contributed by atoms with Gasteiger partial charge < -0.3 is 9.64 Å². The van der Waals surface area contributed by atoms with Crippen LogP contribution in [0, 0.1) is 5.82 Å². The number of nitrogens with zero attached hydrogens (tertiary/aromatic N) is 2. The van der Waals surface area contributed by atoms with Crippen LogP contribution in [0.4, 0.5) is 10.1 Å². The Morgan fingerprint density at radius 2 is 1.80 bits per heavy atom. The molecule has 0 saturated heterocycles. The van der Waals surface area contributed by atoms with E-state index >= 15 is 0 Å². The average molecular weight is 418 g/mol. The van der Waals surface area contributed by atoms with Gasteiger partial charge in [-0.2, -0.15) is 0 Å². The van der Waals surface area contributed by atoms with Gasteiger partial charge in [-0.05, 0) is 42.0 Å². The second-order valence-electron chi connectivity index (χ2n) is 6.68. The van der Waals surface area contributed by atoms with Gasteiger partial charge in [0.05, 0.1) is 0 Å². The van der Waals surface area contributed by atoms with Gasteiger partial charge in [-0.1, -0.05) is 42.5 Å². The molecule has 1 amide bonds. The van der Waals surface area contributed by atoms with Gasteiger partial charge in [0.1, 0.15) is 28.9 Å². The highest BCUT2D eigenvalue weighted by molar-refractivity contribution is 7.13. The molecule has 4 nitrogen and oxygen atoms in total. The van der Waals surface area contributed by atoms with E-state index in [1.807, 2.05) is 54.6 Å². The predicted octanol–water partition coefficient (Wildman–Crippen LogP) is 5.80. The Bertz CT molecular complexity index is 1140. The van der Waals surface area contributed by atoms with Crippen LogP contribution in [0.3, 0.4) is 0 Å². The van der Waals surface area contributed by atoms with E-state index in [9.17, 15) is 9.18 Å². The predicted molar refractivity (Wildman–Crippen MR) is 117 cm³/mol. The summed E-state index contributed by atoms with van der Waals surface area (Å²) in [6.07, 6.45) is 0. The lowest BCUT2D eigenvalue weighted by Crippen LogP contribution is -2.26. The summed E-state index contributed by atoms with van der Waals surface area (Å²) in [5.74, 6) is 0.251. The van der Waals surface area contributed by atoms with Crippen LogP contribution in [0.1, 0.15) is 16.1 Å². The molecule has 0 fully saturated rings. The Balaban J connectivity index is 1.47. The van der Waals surface area contributed by atoms with E-state index in [4.69, 9.17) is 4.74 Å². The Hall–Kier alpha value is -3.51. The van der Waals surface area contributed by atoms with Crippen molar-refractivity contribution in [3.63, 3.8) is 0 Å². The number of hydrogen-bond donors (Lipinski definition) is 0. The number of benzene rings is 3. The minimum Gasteiger partial charge on any atom is -0.489 e. The highest BCUT2D eigenvalue weighted by Crippen LogP contribution is 2.28. The van der Waals surface area contributed by atoms with Gasteiger partial charge in [0, 0.05) is 23.7 Å². The largest absolute Gasteiger partial charge is 0.489 e. The number of carbonyl (C=O) groups is 1. The fraction of sp³-hybridized carbons (Fsp3) is 0.0833. The van der Waals surface area contributed by atoms with E-state index in [-0.39, 0.29) is 11.7 Å². The second kappa shape index (κ2) is 8.88. The molecule has 0 aliphatic carbocycles. The van der Waals surface area contributed by atoms with Crippen LogP contribution in [0.15, 0.2) is 84.2 Å². The van der Waals surface area contributed by atoms with Gasteiger partial charge in [0.15, 0.2) is 0 Å². The molecule has 0 aliphatic rings. The normalized spacial score (nSPS) is 10.6. The smallest absolute Gasteiger partial charge is 0.277 e. The van der Waals surface area contributed by atoms with E-state index in [1.54, 1.807) is 29.5 Å². The first kappa shape index (κ1) is 19.8. The first-order valence-corrected chi connectivity index (χ1v) is 10.2. The van der Waals surface area contributed by atoms with E-state index in [0.29, 0.717) is 18.1 Å². The van der Waals surface area contributed by atoms with E-state index in [2.05, 4.69) is 4.98 Å². The fourth-order valence-corrected chi connectivity index (χ4v) is 3.70. The minimum atomic E-state index is -0.271. The maximum absolute atomic E-state index is 13.0. The van der Waals surface area contributed by atoms with Crippen molar-refractivity contribution in [2.24, 2.45) is 0 Å². The topological polar surface area (TPSA) is 42.4 Å². The highest BCUT2D eigenvalue weighted by Gasteiger charge is 2.17. The maximum atomic E-state index is 13.0. The molecule has 0 radical (unpaired) electrons. The third-order valence-corrected chi connectivity index (χ3v) is 5.46. The lowest BCUT2D eigenvalue weighted by molar-refractivity contribution is 0.0989. The van der Waals surface area contributed by atoms with Crippen molar-refractivity contribution in [3.05, 3.63) is 101 Å². The monoisotopic (exact) mass is 418 g/mol. The van der Waals surface area contributed by atoms with Gasteiger partial charge in [0.2, 0.25) is 0 Å². The second-order valence-corrected chi connectivity index (χ2v) is 7.54. The SMILES string of the molecule is CN(C(=O)c1csc(-c2cccc(OCc3ccc(F)cc3)c2)n1)c1ccccc1. The van der Waals surface area contributed by atoms with Crippen LogP contribution in [0.2, 0.25) is 0 Å². The number of aromatic nitrogens is 1. The fourth-order valence-electron chi connectivity index (χ4n) is 2.91. The number of carbonyl (C=O) groups excluding carboxylic acids is 1. The number of para-hydroxylation sites is 1. The van der Waals surface area contributed by atoms with Crippen LogP contribution in [0.5, 0.6) is 5.75 Å². The Kier molecular flexibility index (Phi) is 5.86. The molecule has 0 N–H and O–H groups in total. The Morgan fingerprint density at radius 3 is 2.57 bits per heavy atom. The molecule has 150 valence electrons. The maximum Gasteiger partial charge on any atom is 0.277 e. The Labute approximate surface area is 178 Å². The molecule has 6 heteroatoms. The molecule has 4 rings (SSSR count). The zero-order valence-electron chi connectivity index (χ0n) is 16.3. The zero-order chi connectivity index (χ0) is 20.9. The van der Waals surface area contributed by atoms with Crippen LogP contribution < -0.4 is 9.64 Å². The first-order valence-electron chi connectivity index (χ1n) is 9.36. The molecular formula is C24H19FN2O2S. The first-order chi connectivity index (χ1) is 14.6. The lowest BCUT2D eigenvalue weighted by Gasteiger charge is -2.15. The lowest BCUT2D eigenvalue weighted by atomic mass is 10.2. The summed E-state index contributed by atoms with van der Waals surface area (Å²) in [5.41, 5.74) is 2.97. The molecule has 0 spiro atoms. The van der Waals surface area contributed by atoms with Crippen molar-refractivity contribution in [2.75, 3.05) is 11.9 Å². The van der Waals surface area contributed by atoms with Crippen molar-refractivity contribution in [3.8, 4) is 16.3 Å². The summed E-state index contributed by atoms with van der Waals surface area (Å²) in [5, 5.41) is 2.51. The summed E-state index contributed by atoms with van der Waals surface area (Å²) in [4.78, 5) is 18.9. The third kappa shape index (κ3) is 4.55. The number of amides is 1. The van der Waals surface area contributed by atoms with Crippen molar-refractivity contribution < 1.29 is 13.9 Å². The van der Waals surface area contributed by atoms with Crippen LogP contribution in [0.25, 0.3) is 10.6 Å². The standard InChI is InChI=1S/C24H19FN2O2S/c1-27(20-7-3-2-4-8-20)24(28)22-16-30-23(26-22)18-6-5-9-21(14-18)29-15-17-10-12-19(25)13-11-17/h2-14,16H,15H2,1H3. The van der Waals surface area contributed by atoms with Gasteiger partial charge in [0.25, 0.3) is 5.91 Å². The zero-order valence-corrected chi connectivity index (χ0v) is 17.1. The van der Waals surface area contributed by atoms with Crippen LogP contribution in [-0.2, 0) is 6.61 Å². The molecule has 30 heavy (non-hydrogen) atoms. The van der Waals surface area contributed by atoms with Crippen LogP contribution >= 0.6 is 11.3 Å². The number of rotatable bonds is 6. The summed E-state index contributed by atoms with van der Waals surface area (Å²) in [7, 11) is 1.74. The third-order valence-electron chi connectivity index (χ3n) is 4.57. The number of halogens is 1. The molecule has 1 heterocycles. The van der Waals surface area contributed by atoms with E-state index in [0.717, 1.165) is 21.8 Å². The van der Waals surface area contributed by atoms with Gasteiger partial charge in [-0.15, -0.1) is 11.3 Å². The quantitative estimate of drug-likeness (QED) is 0.397. The molecule has 0 unspecified atom stereocenters. The molecule has 1 aromatic heterocycles. The molecular weight excluding hydrogens is 399 g/mol. The van der Waals surface area contributed by atoms with Crippen molar-refractivity contribution >= 4 is 22.9 Å². The highest BCUT2D eigenvalue weighted by atomic mass is 32.1. The van der Waals surface area contributed by atoms with Crippen LogP contribution in [-0.4, -0.2) is 17.9 Å². The molecule has 3 aromatic carbocycles. The number of thiazole rings is 1. The van der Waals surface area contributed by atoms with Crippen molar-refractivity contribution in [1.29, 1.82) is 0 Å². The number of ether oxygens (including phenoxy) is 1. The van der Waals surface area contributed by atoms with Crippen molar-refractivity contribution in [2.45, 2.75) is 6.61 Å². The molecule has 0 atom stereocenters. The molecule has 4 aromatic rings. The summed E-state index contributed by atoms with van der Waals surface area (Å²) < 4.78 is 18.8. The summed E-state index contributed by atoms with van der Waals surface area (Å²) in [6, 6.07) is 23.2. The minimum absolute atomic E-state index is 0.160. The Morgan fingerprint density at radius 1 is 1.03 bits per heavy atom. The summed E-state index contributed by atoms with van der Waals surface area (Å²) in [6.45, 7) is 0.340. The van der Waals surface area contributed by atoms with Gasteiger partial charge in [-0.3, -0.25) is 4.79 Å². The van der Waals surface area contributed by atoms with E-state index < -0.39 is 0 Å². The average Bonchev–Trinajstić information content (AvgIpc) is 3.29. The molecule has 0 aliphatic heterocycles. The number of hydrogen-bond acceptors (Lipinski definition) is 4.